The van der Waals surface area contributed by atoms with Crippen LogP contribution in [0.4, 0.5) is 0 Å². The molecule has 0 spiro atoms. The molecule has 56 valence electrons. The molecule has 0 atom stereocenters. The van der Waals surface area contributed by atoms with Crippen LogP contribution in [0.1, 0.15) is 19.3 Å². The van der Waals surface area contributed by atoms with Crippen LogP contribution in [0.2, 0.25) is 0 Å². The highest BCUT2D eigenvalue weighted by Crippen LogP contribution is 2.19. The lowest BCUT2D eigenvalue weighted by Crippen LogP contribution is -2.04. The Morgan fingerprint density at radius 1 is 1.40 bits per heavy atom. The number of carbonyl (C=O) groups is 1. The van der Waals surface area contributed by atoms with Crippen LogP contribution in [0.25, 0.3) is 0 Å². The Balaban J connectivity index is 2.62. The van der Waals surface area contributed by atoms with Crippen LogP contribution in [0, 0.1) is 0 Å². The van der Waals surface area contributed by atoms with Crippen molar-refractivity contribution in [2.75, 3.05) is 14.1 Å². The van der Waals surface area contributed by atoms with Gasteiger partial charge in [0.1, 0.15) is 0 Å². The molecule has 0 aliphatic heterocycles. The smallest absolute Gasteiger partial charge is 0.160 e. The van der Waals surface area contributed by atoms with Gasteiger partial charge in [-0.3, -0.25) is 4.79 Å². The molecule has 2 heteroatoms. The van der Waals surface area contributed by atoms with Gasteiger partial charge in [-0.05, 0) is 12.8 Å². The third kappa shape index (κ3) is 1.59. The van der Waals surface area contributed by atoms with Crippen LogP contribution in [-0.4, -0.2) is 24.8 Å². The van der Waals surface area contributed by atoms with Crippen molar-refractivity contribution in [2.24, 2.45) is 0 Å². The number of rotatable bonds is 1. The number of ketones is 1. The molecule has 0 bridgehead atoms. The van der Waals surface area contributed by atoms with Gasteiger partial charge in [0.2, 0.25) is 0 Å². The fourth-order valence-corrected chi connectivity index (χ4v) is 1.19. The molecular formula is C8H13NO. The molecule has 1 saturated carbocycles. The standard InChI is InChI=1S/C8H13NO/c1-9(2)6-7-4-3-5-8(7)10/h6H,3-5H2,1-2H3/b7-6-. The number of nitrogens with zero attached hydrogens (tertiary/aromatic N) is 1. The van der Waals surface area contributed by atoms with Crippen LogP contribution < -0.4 is 0 Å². The second kappa shape index (κ2) is 2.86. The van der Waals surface area contributed by atoms with Crippen molar-refractivity contribution in [3.8, 4) is 0 Å². The van der Waals surface area contributed by atoms with Gasteiger partial charge in [0.05, 0.1) is 0 Å². The van der Waals surface area contributed by atoms with Crippen molar-refractivity contribution < 1.29 is 4.79 Å². The van der Waals surface area contributed by atoms with Gasteiger partial charge in [-0.1, -0.05) is 0 Å². The van der Waals surface area contributed by atoms with E-state index in [1.165, 1.54) is 0 Å². The van der Waals surface area contributed by atoms with Crippen molar-refractivity contribution in [2.45, 2.75) is 19.3 Å². The second-order valence-electron chi connectivity index (χ2n) is 2.89. The molecule has 10 heavy (non-hydrogen) atoms. The Bertz CT molecular complexity index is 170. The van der Waals surface area contributed by atoms with Crippen molar-refractivity contribution in [1.82, 2.24) is 4.90 Å². The molecule has 1 aliphatic carbocycles. The highest BCUT2D eigenvalue weighted by atomic mass is 16.1. The molecular weight excluding hydrogens is 126 g/mol. The first kappa shape index (κ1) is 7.32. The number of hydrogen-bond donors (Lipinski definition) is 0. The third-order valence-corrected chi connectivity index (χ3v) is 1.62. The van der Waals surface area contributed by atoms with E-state index in [1.54, 1.807) is 0 Å². The van der Waals surface area contributed by atoms with E-state index in [0.717, 1.165) is 24.8 Å². The largest absolute Gasteiger partial charge is 0.383 e. The summed E-state index contributed by atoms with van der Waals surface area (Å²) in [6.45, 7) is 0. The summed E-state index contributed by atoms with van der Waals surface area (Å²) in [6.07, 6.45) is 4.69. The molecule has 0 aromatic heterocycles. The highest BCUT2D eigenvalue weighted by molar-refractivity contribution is 5.97. The lowest BCUT2D eigenvalue weighted by molar-refractivity contribution is -0.114. The zero-order chi connectivity index (χ0) is 7.56. The Kier molecular flexibility index (Phi) is 2.10. The first-order valence-electron chi connectivity index (χ1n) is 3.60. The van der Waals surface area contributed by atoms with Crippen LogP contribution >= 0.6 is 0 Å². The van der Waals surface area contributed by atoms with E-state index < -0.39 is 0 Å². The molecule has 0 amide bonds. The lowest BCUT2D eigenvalue weighted by Gasteiger charge is -2.04. The van der Waals surface area contributed by atoms with E-state index in [-0.39, 0.29) is 0 Å². The van der Waals surface area contributed by atoms with Crippen molar-refractivity contribution >= 4 is 5.78 Å². The molecule has 1 fully saturated rings. The minimum absolute atomic E-state index is 0.328. The number of allylic oxidation sites excluding steroid dienone is 1. The summed E-state index contributed by atoms with van der Waals surface area (Å²) in [4.78, 5) is 12.9. The Labute approximate surface area is 61.5 Å². The molecule has 0 heterocycles. The predicted molar refractivity (Wildman–Crippen MR) is 40.6 cm³/mol. The minimum atomic E-state index is 0.328. The third-order valence-electron chi connectivity index (χ3n) is 1.62. The Morgan fingerprint density at radius 3 is 2.50 bits per heavy atom. The Morgan fingerprint density at radius 2 is 2.10 bits per heavy atom. The van der Waals surface area contributed by atoms with E-state index in [4.69, 9.17) is 0 Å². The van der Waals surface area contributed by atoms with Gasteiger partial charge < -0.3 is 4.90 Å². The molecule has 0 aromatic carbocycles. The van der Waals surface area contributed by atoms with Gasteiger partial charge in [0.15, 0.2) is 5.78 Å². The van der Waals surface area contributed by atoms with E-state index >= 15 is 0 Å². The van der Waals surface area contributed by atoms with E-state index in [0.29, 0.717) is 5.78 Å². The predicted octanol–water partition coefficient (Wildman–Crippen LogP) is 1.18. The first-order valence-corrected chi connectivity index (χ1v) is 3.60. The maximum atomic E-state index is 11.0. The van der Waals surface area contributed by atoms with Gasteiger partial charge in [-0.15, -0.1) is 0 Å². The molecule has 1 aliphatic rings. The molecule has 0 radical (unpaired) electrons. The van der Waals surface area contributed by atoms with Crippen LogP contribution in [0.3, 0.4) is 0 Å². The summed E-state index contributed by atoms with van der Waals surface area (Å²) in [7, 11) is 3.89. The summed E-state index contributed by atoms with van der Waals surface area (Å²) in [6, 6.07) is 0. The zero-order valence-electron chi connectivity index (χ0n) is 6.55. The van der Waals surface area contributed by atoms with Gasteiger partial charge in [0, 0.05) is 32.3 Å². The number of hydrogen-bond acceptors (Lipinski definition) is 2. The zero-order valence-corrected chi connectivity index (χ0v) is 6.55. The monoisotopic (exact) mass is 139 g/mol. The fraction of sp³-hybridized carbons (Fsp3) is 0.625. The summed E-state index contributed by atoms with van der Waals surface area (Å²) in [5.74, 6) is 0.328. The van der Waals surface area contributed by atoms with Crippen molar-refractivity contribution in [3.05, 3.63) is 11.8 Å². The fourth-order valence-electron chi connectivity index (χ4n) is 1.19. The maximum absolute atomic E-state index is 11.0. The van der Waals surface area contributed by atoms with Gasteiger partial charge >= 0.3 is 0 Å². The molecule has 0 unspecified atom stereocenters. The Hall–Kier alpha value is -0.790. The molecule has 0 saturated heterocycles. The maximum Gasteiger partial charge on any atom is 0.160 e. The molecule has 0 N–H and O–H groups in total. The van der Waals surface area contributed by atoms with Crippen molar-refractivity contribution in [3.63, 3.8) is 0 Å². The van der Waals surface area contributed by atoms with Crippen molar-refractivity contribution in [1.29, 1.82) is 0 Å². The van der Waals surface area contributed by atoms with Gasteiger partial charge in [-0.2, -0.15) is 0 Å². The van der Waals surface area contributed by atoms with E-state index in [2.05, 4.69) is 0 Å². The van der Waals surface area contributed by atoms with Crippen LogP contribution in [0.5, 0.6) is 0 Å². The number of Topliss-reactive ketones (excluding diaryl/α,β-unsaturated/α-hetero) is 1. The summed E-state index contributed by atoms with van der Waals surface area (Å²) in [5, 5.41) is 0. The summed E-state index contributed by atoms with van der Waals surface area (Å²) in [5.41, 5.74) is 0.991. The SMILES string of the molecule is CN(C)/C=C1/CCCC1=O. The van der Waals surface area contributed by atoms with Gasteiger partial charge in [0.25, 0.3) is 0 Å². The van der Waals surface area contributed by atoms with E-state index in [1.807, 2.05) is 25.2 Å². The second-order valence-corrected chi connectivity index (χ2v) is 2.89. The molecule has 0 aromatic rings. The number of carbonyl (C=O) groups excluding carboxylic acids is 1. The first-order chi connectivity index (χ1) is 4.70. The quantitative estimate of drug-likeness (QED) is 0.508. The molecule has 2 nitrogen and oxygen atoms in total. The van der Waals surface area contributed by atoms with Gasteiger partial charge in [-0.25, -0.2) is 0 Å². The van der Waals surface area contributed by atoms with Crippen LogP contribution in [-0.2, 0) is 4.79 Å². The van der Waals surface area contributed by atoms with E-state index in [9.17, 15) is 4.79 Å². The topological polar surface area (TPSA) is 20.3 Å². The normalized spacial score (nSPS) is 22.2. The molecule has 1 rings (SSSR count). The average molecular weight is 139 g/mol. The average Bonchev–Trinajstić information content (AvgIpc) is 2.15. The summed E-state index contributed by atoms with van der Waals surface area (Å²) < 4.78 is 0. The summed E-state index contributed by atoms with van der Waals surface area (Å²) >= 11 is 0. The highest BCUT2D eigenvalue weighted by Gasteiger charge is 2.16. The lowest BCUT2D eigenvalue weighted by atomic mass is 10.2. The van der Waals surface area contributed by atoms with Crippen LogP contribution in [0.15, 0.2) is 11.8 Å². The minimum Gasteiger partial charge on any atom is -0.383 e.